The van der Waals surface area contributed by atoms with E-state index in [4.69, 9.17) is 14.7 Å². The maximum absolute atomic E-state index is 13.2. The monoisotopic (exact) mass is 483 g/mol. The number of rotatable bonds is 8. The van der Waals surface area contributed by atoms with Crippen LogP contribution in [0.4, 0.5) is 5.69 Å². The zero-order valence-corrected chi connectivity index (χ0v) is 20.2. The molecule has 0 aromatic heterocycles. The largest absolute Gasteiger partial charge is 0.493 e. The zero-order chi connectivity index (χ0) is 24.6. The van der Waals surface area contributed by atoms with E-state index in [0.29, 0.717) is 41.4 Å². The van der Waals surface area contributed by atoms with Gasteiger partial charge < -0.3 is 14.8 Å². The molecular weight excluding hydrogens is 454 g/mol. The van der Waals surface area contributed by atoms with Crippen molar-refractivity contribution in [3.63, 3.8) is 0 Å². The zero-order valence-electron chi connectivity index (χ0n) is 19.4. The van der Waals surface area contributed by atoms with Gasteiger partial charge in [0.2, 0.25) is 15.9 Å². The fourth-order valence-electron chi connectivity index (χ4n) is 3.75. The van der Waals surface area contributed by atoms with Crippen molar-refractivity contribution in [2.45, 2.75) is 37.5 Å². The van der Waals surface area contributed by atoms with Crippen molar-refractivity contribution in [1.29, 1.82) is 5.26 Å². The maximum Gasteiger partial charge on any atom is 0.248 e. The Morgan fingerprint density at radius 1 is 1.12 bits per heavy atom. The van der Waals surface area contributed by atoms with Gasteiger partial charge >= 0.3 is 0 Å². The number of hydrogen-bond acceptors (Lipinski definition) is 6. The van der Waals surface area contributed by atoms with Gasteiger partial charge in [0.05, 0.1) is 12.0 Å². The fourth-order valence-corrected chi connectivity index (χ4v) is 5.52. The number of methoxy groups -OCH3 is 1. The number of sulfonamides is 1. The van der Waals surface area contributed by atoms with Crippen LogP contribution in [0.2, 0.25) is 0 Å². The molecular formula is C25H29N3O5S. The van der Waals surface area contributed by atoms with Crippen LogP contribution in [0.1, 0.15) is 36.8 Å². The first-order chi connectivity index (χ1) is 16.3. The summed E-state index contributed by atoms with van der Waals surface area (Å²) >= 11 is 0. The molecule has 0 bridgehead atoms. The molecule has 8 nitrogen and oxygen atoms in total. The predicted molar refractivity (Wildman–Crippen MR) is 130 cm³/mol. The minimum Gasteiger partial charge on any atom is -0.493 e. The van der Waals surface area contributed by atoms with Crippen LogP contribution >= 0.6 is 0 Å². The van der Waals surface area contributed by atoms with E-state index in [1.807, 2.05) is 6.07 Å². The number of hydrogen-bond donors (Lipinski definition) is 1. The first kappa shape index (κ1) is 25.3. The van der Waals surface area contributed by atoms with Gasteiger partial charge in [-0.3, -0.25) is 4.79 Å². The van der Waals surface area contributed by atoms with Crippen LogP contribution in [-0.4, -0.2) is 45.4 Å². The molecule has 2 aromatic rings. The average molecular weight is 484 g/mol. The molecule has 180 valence electrons. The molecule has 1 heterocycles. The lowest BCUT2D eigenvalue weighted by Gasteiger charge is -2.21. The quantitative estimate of drug-likeness (QED) is 0.566. The summed E-state index contributed by atoms with van der Waals surface area (Å²) in [6, 6.07) is 11.9. The summed E-state index contributed by atoms with van der Waals surface area (Å²) in [7, 11) is -2.14. The third kappa shape index (κ3) is 6.37. The molecule has 0 aliphatic carbocycles. The summed E-state index contributed by atoms with van der Waals surface area (Å²) in [4.78, 5) is 12.7. The first-order valence-corrected chi connectivity index (χ1v) is 12.6. The molecule has 1 aliphatic heterocycles. The number of benzene rings is 2. The highest BCUT2D eigenvalue weighted by Crippen LogP contribution is 2.29. The number of nitrogens with zero attached hydrogens (tertiary/aromatic N) is 2. The van der Waals surface area contributed by atoms with E-state index in [2.05, 4.69) is 5.32 Å². The molecule has 0 saturated carbocycles. The number of carbonyl (C=O) groups excluding carboxylic acids is 1. The van der Waals surface area contributed by atoms with E-state index < -0.39 is 15.9 Å². The van der Waals surface area contributed by atoms with Crippen molar-refractivity contribution in [3.05, 3.63) is 53.6 Å². The summed E-state index contributed by atoms with van der Waals surface area (Å²) in [5.41, 5.74) is 1.75. The fraction of sp³-hybridized carbons (Fsp3) is 0.360. The molecule has 1 N–H and O–H groups in total. The van der Waals surface area contributed by atoms with Crippen molar-refractivity contribution in [2.75, 3.05) is 32.1 Å². The summed E-state index contributed by atoms with van der Waals surface area (Å²) in [5.74, 6) is 0.480. The Kier molecular flexibility index (Phi) is 8.68. The topological polar surface area (TPSA) is 109 Å². The van der Waals surface area contributed by atoms with Gasteiger partial charge in [-0.15, -0.1) is 0 Å². The van der Waals surface area contributed by atoms with E-state index in [-0.39, 0.29) is 11.5 Å². The highest BCUT2D eigenvalue weighted by atomic mass is 32.2. The Morgan fingerprint density at radius 2 is 1.85 bits per heavy atom. The Balaban J connectivity index is 1.73. The normalized spacial score (nSPS) is 14.9. The van der Waals surface area contributed by atoms with Crippen LogP contribution in [0, 0.1) is 18.3 Å². The number of aryl methyl sites for hydroxylation is 1. The average Bonchev–Trinajstić information content (AvgIpc) is 3.13. The highest BCUT2D eigenvalue weighted by Gasteiger charge is 2.27. The molecule has 3 rings (SSSR count). The molecule has 0 atom stereocenters. The van der Waals surface area contributed by atoms with E-state index in [1.54, 1.807) is 47.6 Å². The number of ether oxygens (including phenoxy) is 2. The van der Waals surface area contributed by atoms with E-state index >= 15 is 0 Å². The SMILES string of the molecule is COc1cc(C=CC(=O)Nc2ccc(C)c(S(=O)(=O)N3CCCCCC3)c2)ccc1OCC#N. The van der Waals surface area contributed by atoms with Crippen molar-refractivity contribution < 1.29 is 22.7 Å². The van der Waals surface area contributed by atoms with Crippen LogP contribution in [0.3, 0.4) is 0 Å². The number of carbonyl (C=O) groups is 1. The minimum atomic E-state index is -3.63. The molecule has 0 spiro atoms. The highest BCUT2D eigenvalue weighted by molar-refractivity contribution is 7.89. The number of anilines is 1. The molecule has 1 fully saturated rings. The van der Waals surface area contributed by atoms with Gasteiger partial charge in [-0.25, -0.2) is 8.42 Å². The van der Waals surface area contributed by atoms with Crippen molar-refractivity contribution in [2.24, 2.45) is 0 Å². The molecule has 9 heteroatoms. The van der Waals surface area contributed by atoms with Gasteiger partial charge in [0.15, 0.2) is 18.1 Å². The molecule has 1 amide bonds. The second-order valence-electron chi connectivity index (χ2n) is 7.98. The van der Waals surface area contributed by atoms with Gasteiger partial charge in [0.1, 0.15) is 6.07 Å². The number of amides is 1. The maximum atomic E-state index is 13.2. The third-order valence-corrected chi connectivity index (χ3v) is 7.59. The second-order valence-corrected chi connectivity index (χ2v) is 9.88. The standard InChI is InChI=1S/C25H29N3O5S/c1-19-7-10-21(18-24(19)34(30,31)28-14-5-3-4-6-15-28)27-25(29)12-9-20-8-11-22(33-16-13-26)23(17-20)32-2/h7-12,17-18H,3-6,14-16H2,1-2H3,(H,27,29). The number of nitrogens with one attached hydrogen (secondary N) is 1. The predicted octanol–water partition coefficient (Wildman–Crippen LogP) is 4.12. The molecule has 2 aromatic carbocycles. The Hall–Kier alpha value is -3.35. The second kappa shape index (κ2) is 11.7. The molecule has 0 unspecified atom stereocenters. The number of nitriles is 1. The van der Waals surface area contributed by atoms with E-state index in [9.17, 15) is 13.2 Å². The lowest BCUT2D eigenvalue weighted by atomic mass is 10.2. The third-order valence-electron chi connectivity index (χ3n) is 5.55. The van der Waals surface area contributed by atoms with Gasteiger partial charge in [0.25, 0.3) is 0 Å². The summed E-state index contributed by atoms with van der Waals surface area (Å²) < 4.78 is 38.6. The molecule has 1 saturated heterocycles. The molecule has 34 heavy (non-hydrogen) atoms. The smallest absolute Gasteiger partial charge is 0.248 e. The van der Waals surface area contributed by atoms with Crippen LogP contribution in [0.5, 0.6) is 11.5 Å². The summed E-state index contributed by atoms with van der Waals surface area (Å²) in [6.07, 6.45) is 6.75. The Morgan fingerprint density at radius 3 is 2.53 bits per heavy atom. The summed E-state index contributed by atoms with van der Waals surface area (Å²) in [5, 5.41) is 11.4. The Bertz CT molecular complexity index is 1190. The van der Waals surface area contributed by atoms with Gasteiger partial charge in [-0.1, -0.05) is 25.0 Å². The summed E-state index contributed by atoms with van der Waals surface area (Å²) in [6.45, 7) is 2.70. The van der Waals surface area contributed by atoms with Crippen LogP contribution in [0.25, 0.3) is 6.08 Å². The molecule has 0 radical (unpaired) electrons. The van der Waals surface area contributed by atoms with Crippen molar-refractivity contribution >= 4 is 27.7 Å². The molecule has 1 aliphatic rings. The Labute approximate surface area is 200 Å². The van der Waals surface area contributed by atoms with Gasteiger partial charge in [0, 0.05) is 24.9 Å². The van der Waals surface area contributed by atoms with Crippen molar-refractivity contribution in [1.82, 2.24) is 4.31 Å². The van der Waals surface area contributed by atoms with E-state index in [0.717, 1.165) is 25.7 Å². The van der Waals surface area contributed by atoms with Crippen LogP contribution < -0.4 is 14.8 Å². The van der Waals surface area contributed by atoms with Crippen molar-refractivity contribution in [3.8, 4) is 17.6 Å². The lowest BCUT2D eigenvalue weighted by molar-refractivity contribution is -0.111. The van der Waals surface area contributed by atoms with Crippen LogP contribution in [-0.2, 0) is 14.8 Å². The lowest BCUT2D eigenvalue weighted by Crippen LogP contribution is -2.32. The van der Waals surface area contributed by atoms with Crippen LogP contribution in [0.15, 0.2) is 47.4 Å². The minimum absolute atomic E-state index is 0.0973. The van der Waals surface area contributed by atoms with E-state index in [1.165, 1.54) is 19.3 Å². The van der Waals surface area contributed by atoms with Gasteiger partial charge in [-0.2, -0.15) is 9.57 Å². The first-order valence-electron chi connectivity index (χ1n) is 11.1. The van der Waals surface area contributed by atoms with Gasteiger partial charge in [-0.05, 0) is 61.2 Å².